The predicted octanol–water partition coefficient (Wildman–Crippen LogP) is 4.39. The van der Waals surface area contributed by atoms with Crippen molar-refractivity contribution in [3.05, 3.63) is 0 Å². The lowest BCUT2D eigenvalue weighted by molar-refractivity contribution is -0.132. The summed E-state index contributed by atoms with van der Waals surface area (Å²) in [5.41, 5.74) is 0.860. The van der Waals surface area contributed by atoms with Gasteiger partial charge in [-0.1, -0.05) is 13.8 Å². The van der Waals surface area contributed by atoms with E-state index in [2.05, 4.69) is 13.8 Å². The van der Waals surface area contributed by atoms with Gasteiger partial charge in [0.2, 0.25) is 0 Å². The highest BCUT2D eigenvalue weighted by Crippen LogP contribution is 2.67. The highest BCUT2D eigenvalue weighted by atomic mass is 16.3. The van der Waals surface area contributed by atoms with E-state index in [-0.39, 0.29) is 12.2 Å². The van der Waals surface area contributed by atoms with E-state index in [4.69, 9.17) is 0 Å². The van der Waals surface area contributed by atoms with Gasteiger partial charge < -0.3 is 10.2 Å². The summed E-state index contributed by atoms with van der Waals surface area (Å²) in [5, 5.41) is 20.4. The fourth-order valence-corrected chi connectivity index (χ4v) is 8.07. The van der Waals surface area contributed by atoms with Crippen LogP contribution in [0.4, 0.5) is 0 Å². The van der Waals surface area contributed by atoms with Crippen molar-refractivity contribution >= 4 is 0 Å². The molecule has 0 bridgehead atoms. The molecule has 132 valence electrons. The van der Waals surface area contributed by atoms with Crippen LogP contribution in [0, 0.1) is 40.4 Å². The van der Waals surface area contributed by atoms with E-state index >= 15 is 0 Å². The minimum absolute atomic E-state index is 0.0374. The maximum Gasteiger partial charge on any atom is 0.0545 e. The molecule has 0 aliphatic heterocycles. The predicted molar refractivity (Wildman–Crippen MR) is 92.9 cm³/mol. The van der Waals surface area contributed by atoms with Gasteiger partial charge in [0, 0.05) is 0 Å². The van der Waals surface area contributed by atoms with Gasteiger partial charge in [-0.25, -0.2) is 0 Å². The van der Waals surface area contributed by atoms with E-state index in [1.54, 1.807) is 0 Å². The molecule has 9 atom stereocenters. The Morgan fingerprint density at radius 3 is 2.30 bits per heavy atom. The fourth-order valence-electron chi connectivity index (χ4n) is 8.07. The third-order valence-electron chi connectivity index (χ3n) is 9.29. The number of aliphatic hydroxyl groups is 2. The topological polar surface area (TPSA) is 40.5 Å². The van der Waals surface area contributed by atoms with Crippen LogP contribution in [0.3, 0.4) is 0 Å². The third kappa shape index (κ3) is 2.27. The zero-order valence-electron chi connectivity index (χ0n) is 15.3. The van der Waals surface area contributed by atoms with Crippen LogP contribution in [-0.2, 0) is 0 Å². The van der Waals surface area contributed by atoms with Crippen molar-refractivity contribution in [1.29, 1.82) is 0 Å². The van der Waals surface area contributed by atoms with E-state index in [0.717, 1.165) is 36.5 Å². The Kier molecular flexibility index (Phi) is 3.89. The molecule has 2 N–H and O–H groups in total. The summed E-state index contributed by atoms with van der Waals surface area (Å²) in [5.74, 6) is 3.87. The van der Waals surface area contributed by atoms with Crippen molar-refractivity contribution < 1.29 is 10.2 Å². The molecule has 0 unspecified atom stereocenters. The van der Waals surface area contributed by atoms with Gasteiger partial charge in [-0.2, -0.15) is 0 Å². The molecule has 0 spiro atoms. The van der Waals surface area contributed by atoms with Crippen LogP contribution in [0.2, 0.25) is 0 Å². The SMILES string of the molecule is C[C@@H](O)[C@H]1CC[C@H]2[C@H]3CC[C@H]4C[C@@H](O)CC[C@]4(C)[C@@H]3CC[C@]12C. The van der Waals surface area contributed by atoms with Gasteiger partial charge >= 0.3 is 0 Å². The molecule has 4 rings (SSSR count). The summed E-state index contributed by atoms with van der Waals surface area (Å²) in [6, 6.07) is 0. The molecule has 2 heteroatoms. The largest absolute Gasteiger partial charge is 0.393 e. The summed E-state index contributed by atoms with van der Waals surface area (Å²) in [6.07, 6.45) is 11.1. The average molecular weight is 321 g/mol. The first-order valence-corrected chi connectivity index (χ1v) is 10.2. The first kappa shape index (κ1) is 16.4. The zero-order valence-corrected chi connectivity index (χ0v) is 15.3. The lowest BCUT2D eigenvalue weighted by atomic mass is 9.44. The Balaban J connectivity index is 1.60. The highest BCUT2D eigenvalue weighted by molar-refractivity contribution is 5.09. The normalized spacial score (nSPS) is 57.3. The minimum Gasteiger partial charge on any atom is -0.393 e. The fraction of sp³-hybridized carbons (Fsp3) is 1.00. The Morgan fingerprint density at radius 1 is 0.870 bits per heavy atom. The van der Waals surface area contributed by atoms with Crippen LogP contribution in [0.1, 0.15) is 78.6 Å². The second-order valence-corrected chi connectivity index (χ2v) is 10.1. The molecule has 0 aromatic rings. The maximum absolute atomic E-state index is 10.3. The third-order valence-corrected chi connectivity index (χ3v) is 9.29. The quantitative estimate of drug-likeness (QED) is 0.752. The molecule has 4 fully saturated rings. The molecule has 0 radical (unpaired) electrons. The smallest absolute Gasteiger partial charge is 0.0545 e. The molecule has 0 aromatic carbocycles. The molecule has 4 aliphatic carbocycles. The molecule has 4 aliphatic rings. The van der Waals surface area contributed by atoms with Gasteiger partial charge in [0.05, 0.1) is 12.2 Å². The summed E-state index contributed by atoms with van der Waals surface area (Å²) in [7, 11) is 0. The van der Waals surface area contributed by atoms with Crippen molar-refractivity contribution in [3.8, 4) is 0 Å². The average Bonchev–Trinajstić information content (AvgIpc) is 2.85. The van der Waals surface area contributed by atoms with Crippen molar-refractivity contribution in [1.82, 2.24) is 0 Å². The summed E-state index contributed by atoms with van der Waals surface area (Å²) < 4.78 is 0. The number of hydrogen-bond acceptors (Lipinski definition) is 2. The number of hydrogen-bond donors (Lipinski definition) is 2. The minimum atomic E-state index is -0.140. The summed E-state index contributed by atoms with van der Waals surface area (Å²) in [4.78, 5) is 0. The van der Waals surface area contributed by atoms with Crippen LogP contribution in [0.25, 0.3) is 0 Å². The van der Waals surface area contributed by atoms with Gasteiger partial charge in [-0.3, -0.25) is 0 Å². The van der Waals surface area contributed by atoms with Crippen LogP contribution in [0.5, 0.6) is 0 Å². The van der Waals surface area contributed by atoms with E-state index in [1.807, 2.05) is 6.92 Å². The summed E-state index contributed by atoms with van der Waals surface area (Å²) >= 11 is 0. The molecule has 0 amide bonds. The second-order valence-electron chi connectivity index (χ2n) is 10.1. The molecule has 0 saturated heterocycles. The Labute approximate surface area is 142 Å². The molecule has 23 heavy (non-hydrogen) atoms. The Hall–Kier alpha value is -0.0800. The van der Waals surface area contributed by atoms with Crippen molar-refractivity contribution in [2.45, 2.75) is 90.8 Å². The van der Waals surface area contributed by atoms with E-state index in [0.29, 0.717) is 16.7 Å². The van der Waals surface area contributed by atoms with E-state index in [9.17, 15) is 10.2 Å². The lowest BCUT2D eigenvalue weighted by Gasteiger charge is -2.61. The van der Waals surface area contributed by atoms with Gasteiger partial charge in [0.15, 0.2) is 0 Å². The van der Waals surface area contributed by atoms with Crippen LogP contribution in [0.15, 0.2) is 0 Å². The molecule has 0 aromatic heterocycles. The molecular formula is C21H36O2. The summed E-state index contributed by atoms with van der Waals surface area (Å²) in [6.45, 7) is 7.08. The zero-order chi connectivity index (χ0) is 16.4. The monoisotopic (exact) mass is 320 g/mol. The van der Waals surface area contributed by atoms with Crippen molar-refractivity contribution in [2.75, 3.05) is 0 Å². The second kappa shape index (κ2) is 5.46. The van der Waals surface area contributed by atoms with E-state index in [1.165, 1.54) is 44.9 Å². The Bertz CT molecular complexity index is 461. The molecule has 2 nitrogen and oxygen atoms in total. The maximum atomic E-state index is 10.3. The standard InChI is InChI=1S/C21H36O2/c1-13(22)17-6-7-18-16-5-4-14-12-15(23)8-10-20(14,2)19(16)9-11-21(17,18)3/h13-19,22-23H,4-12H2,1-3H3/t13-,14+,15+,16-,17-,18+,19-,20+,21-/m1/s1. The number of rotatable bonds is 1. The lowest BCUT2D eigenvalue weighted by Crippen LogP contribution is -2.54. The molecule has 0 heterocycles. The first-order chi connectivity index (χ1) is 10.9. The van der Waals surface area contributed by atoms with Crippen LogP contribution < -0.4 is 0 Å². The van der Waals surface area contributed by atoms with Gasteiger partial charge in [0.1, 0.15) is 0 Å². The van der Waals surface area contributed by atoms with Crippen molar-refractivity contribution in [2.24, 2.45) is 40.4 Å². The van der Waals surface area contributed by atoms with Gasteiger partial charge in [-0.15, -0.1) is 0 Å². The van der Waals surface area contributed by atoms with Gasteiger partial charge in [-0.05, 0) is 105 Å². The van der Waals surface area contributed by atoms with E-state index < -0.39 is 0 Å². The molecular weight excluding hydrogens is 284 g/mol. The van der Waals surface area contributed by atoms with Crippen LogP contribution in [-0.4, -0.2) is 22.4 Å². The van der Waals surface area contributed by atoms with Crippen LogP contribution >= 0.6 is 0 Å². The number of aliphatic hydroxyl groups excluding tert-OH is 2. The molecule has 4 saturated carbocycles. The van der Waals surface area contributed by atoms with Gasteiger partial charge in [0.25, 0.3) is 0 Å². The van der Waals surface area contributed by atoms with Crippen molar-refractivity contribution in [3.63, 3.8) is 0 Å². The highest BCUT2D eigenvalue weighted by Gasteiger charge is 2.60. The number of fused-ring (bicyclic) bond motifs is 5. The Morgan fingerprint density at radius 2 is 1.57 bits per heavy atom. The first-order valence-electron chi connectivity index (χ1n) is 10.2.